The maximum absolute atomic E-state index is 11.9. The summed E-state index contributed by atoms with van der Waals surface area (Å²) >= 11 is 0. The maximum atomic E-state index is 11.9. The molecular formula is C34H43N5O7. The van der Waals surface area contributed by atoms with Crippen LogP contribution in [-0.2, 0) is 38.6 Å². The van der Waals surface area contributed by atoms with Crippen LogP contribution in [0.1, 0.15) is 50.8 Å². The van der Waals surface area contributed by atoms with Gasteiger partial charge in [-0.1, -0.05) is 91.0 Å². The fraction of sp³-hybridized carbons (Fsp3) is 0.324. The van der Waals surface area contributed by atoms with Crippen LogP contribution in [0, 0.1) is 0 Å². The molecule has 0 aromatic heterocycles. The van der Waals surface area contributed by atoms with E-state index in [2.05, 4.69) is 33.1 Å². The van der Waals surface area contributed by atoms with Gasteiger partial charge in [-0.15, -0.1) is 4.99 Å². The van der Waals surface area contributed by atoms with Gasteiger partial charge in [0.05, 0.1) is 0 Å². The first kappa shape index (κ1) is 36.8. The number of ether oxygens (including phenoxy) is 3. The summed E-state index contributed by atoms with van der Waals surface area (Å²) in [5.41, 5.74) is 7.76. The van der Waals surface area contributed by atoms with Crippen molar-refractivity contribution in [2.75, 3.05) is 6.54 Å². The largest absolute Gasteiger partial charge is 0.444 e. The molecule has 46 heavy (non-hydrogen) atoms. The molecule has 4 amide bonds. The zero-order valence-electron chi connectivity index (χ0n) is 26.7. The van der Waals surface area contributed by atoms with Crippen LogP contribution in [0.2, 0.25) is 0 Å². The fourth-order valence-electron chi connectivity index (χ4n) is 3.59. The van der Waals surface area contributed by atoms with E-state index in [0.29, 0.717) is 6.54 Å². The SMILES string of the molecule is C[C@@H](NC(=O)OC(C)(C)C)C(=O)NCCCc1ccccc1.N/C(=N/C(=O)OCc1ccccc1)NC(=O)OCc1ccccc1. The third-order valence-corrected chi connectivity index (χ3v) is 5.77. The van der Waals surface area contributed by atoms with Crippen LogP contribution in [-0.4, -0.2) is 48.3 Å². The highest BCUT2D eigenvalue weighted by molar-refractivity contribution is 5.97. The molecule has 3 aromatic rings. The van der Waals surface area contributed by atoms with Crippen molar-refractivity contribution in [1.82, 2.24) is 16.0 Å². The van der Waals surface area contributed by atoms with Crippen molar-refractivity contribution in [3.8, 4) is 0 Å². The van der Waals surface area contributed by atoms with Gasteiger partial charge in [0.15, 0.2) is 0 Å². The zero-order valence-corrected chi connectivity index (χ0v) is 26.7. The molecule has 0 fully saturated rings. The number of aliphatic imine (C=N–C) groups is 1. The van der Waals surface area contributed by atoms with Crippen molar-refractivity contribution < 1.29 is 33.4 Å². The molecule has 0 bridgehead atoms. The lowest BCUT2D eigenvalue weighted by atomic mass is 10.1. The van der Waals surface area contributed by atoms with Crippen molar-refractivity contribution in [3.05, 3.63) is 108 Å². The van der Waals surface area contributed by atoms with Gasteiger partial charge in [-0.05, 0) is 57.2 Å². The molecule has 12 nitrogen and oxygen atoms in total. The van der Waals surface area contributed by atoms with Gasteiger partial charge >= 0.3 is 18.3 Å². The lowest BCUT2D eigenvalue weighted by Crippen LogP contribution is -2.46. The first-order chi connectivity index (χ1) is 21.9. The summed E-state index contributed by atoms with van der Waals surface area (Å²) in [7, 11) is 0. The summed E-state index contributed by atoms with van der Waals surface area (Å²) in [5, 5.41) is 7.48. The van der Waals surface area contributed by atoms with Gasteiger partial charge in [0.1, 0.15) is 24.9 Å². The highest BCUT2D eigenvalue weighted by Gasteiger charge is 2.20. The molecule has 0 unspecified atom stereocenters. The third-order valence-electron chi connectivity index (χ3n) is 5.77. The Morgan fingerprint density at radius 2 is 1.26 bits per heavy atom. The first-order valence-electron chi connectivity index (χ1n) is 14.7. The summed E-state index contributed by atoms with van der Waals surface area (Å²) in [5.74, 6) is -0.606. The predicted octanol–water partition coefficient (Wildman–Crippen LogP) is 5.21. The molecule has 0 aliphatic rings. The van der Waals surface area contributed by atoms with Crippen molar-refractivity contribution in [3.63, 3.8) is 0 Å². The number of carbonyl (C=O) groups excluding carboxylic acids is 4. The standard InChI is InChI=1S/C17H17N3O4.C17H26N2O3/c18-15(19-16(21)23-11-13-7-3-1-4-8-13)20-17(22)24-12-14-9-5-2-6-10-14;1-13(19-16(21)22-17(2,3)4)15(20)18-12-8-11-14-9-6-5-7-10-14/h1-10H,11-12H2,(H3,18,19,20,21,22);5-7,9-10,13H,8,11-12H2,1-4H3,(H,18,20)(H,19,21)/t;13-/m.1/s1. The Balaban J connectivity index is 0.000000322. The van der Waals surface area contributed by atoms with Crippen LogP contribution in [0.25, 0.3) is 0 Å². The summed E-state index contributed by atoms with van der Waals surface area (Å²) in [6.07, 6.45) is -0.528. The lowest BCUT2D eigenvalue weighted by Gasteiger charge is -2.21. The average Bonchev–Trinajstić information content (AvgIpc) is 3.02. The van der Waals surface area contributed by atoms with E-state index in [9.17, 15) is 19.2 Å². The number of hydrogen-bond donors (Lipinski definition) is 4. The minimum atomic E-state index is -0.903. The number of hydrogen-bond acceptors (Lipinski definition) is 7. The van der Waals surface area contributed by atoms with E-state index in [4.69, 9.17) is 19.9 Å². The van der Waals surface area contributed by atoms with Crippen LogP contribution in [0.4, 0.5) is 14.4 Å². The van der Waals surface area contributed by atoms with Gasteiger partial charge in [-0.3, -0.25) is 10.1 Å². The molecular weight excluding hydrogens is 590 g/mol. The smallest absolute Gasteiger partial charge is 0.437 e. The number of carbonyl (C=O) groups is 4. The third kappa shape index (κ3) is 17.0. The minimum absolute atomic E-state index is 0.0644. The number of alkyl carbamates (subject to hydrolysis) is 2. The second kappa shape index (κ2) is 19.8. The Bertz CT molecular complexity index is 1400. The maximum Gasteiger partial charge on any atom is 0.437 e. The van der Waals surface area contributed by atoms with E-state index >= 15 is 0 Å². The molecule has 1 atom stereocenters. The topological polar surface area (TPSA) is 170 Å². The van der Waals surface area contributed by atoms with Crippen LogP contribution in [0.3, 0.4) is 0 Å². The van der Waals surface area contributed by atoms with Crippen LogP contribution in [0.15, 0.2) is 96.0 Å². The average molecular weight is 634 g/mol. The van der Waals surface area contributed by atoms with Crippen LogP contribution < -0.4 is 21.7 Å². The van der Waals surface area contributed by atoms with E-state index < -0.39 is 35.9 Å². The van der Waals surface area contributed by atoms with E-state index in [1.54, 1.807) is 39.8 Å². The second-order valence-corrected chi connectivity index (χ2v) is 11.0. The van der Waals surface area contributed by atoms with Gasteiger partial charge < -0.3 is 30.6 Å². The molecule has 0 radical (unpaired) electrons. The van der Waals surface area contributed by atoms with Gasteiger partial charge in [0, 0.05) is 6.54 Å². The highest BCUT2D eigenvalue weighted by atomic mass is 16.6. The Hall–Kier alpha value is -5.39. The van der Waals surface area contributed by atoms with E-state index in [1.807, 2.05) is 66.7 Å². The molecule has 3 aromatic carbocycles. The molecule has 0 aliphatic carbocycles. The molecule has 0 saturated heterocycles. The molecule has 246 valence electrons. The number of benzene rings is 3. The summed E-state index contributed by atoms with van der Waals surface area (Å²) < 4.78 is 15.0. The number of amides is 4. The van der Waals surface area contributed by atoms with E-state index in [-0.39, 0.29) is 19.1 Å². The lowest BCUT2D eigenvalue weighted by molar-refractivity contribution is -0.122. The fourth-order valence-corrected chi connectivity index (χ4v) is 3.59. The number of rotatable bonds is 10. The van der Waals surface area contributed by atoms with Gasteiger partial charge in [0.2, 0.25) is 11.9 Å². The molecule has 0 saturated carbocycles. The molecule has 0 heterocycles. The molecule has 0 spiro atoms. The number of nitrogens with two attached hydrogens (primary N) is 1. The number of aryl methyl sites for hydroxylation is 1. The summed E-state index contributed by atoms with van der Waals surface area (Å²) in [6, 6.07) is 27.7. The number of guanidine groups is 1. The summed E-state index contributed by atoms with van der Waals surface area (Å²) in [4.78, 5) is 49.9. The number of nitrogens with one attached hydrogen (secondary N) is 3. The summed E-state index contributed by atoms with van der Waals surface area (Å²) in [6.45, 7) is 7.69. The van der Waals surface area contributed by atoms with Crippen molar-refractivity contribution in [1.29, 1.82) is 0 Å². The van der Waals surface area contributed by atoms with E-state index in [0.717, 1.165) is 24.0 Å². The van der Waals surface area contributed by atoms with E-state index in [1.165, 1.54) is 5.56 Å². The van der Waals surface area contributed by atoms with Gasteiger partial charge in [-0.2, -0.15) is 0 Å². The molecule has 3 rings (SSSR count). The Morgan fingerprint density at radius 3 is 1.78 bits per heavy atom. The van der Waals surface area contributed by atoms with Crippen LogP contribution in [0.5, 0.6) is 0 Å². The molecule has 5 N–H and O–H groups in total. The molecule has 0 aliphatic heterocycles. The van der Waals surface area contributed by atoms with Gasteiger partial charge in [0.25, 0.3) is 0 Å². The van der Waals surface area contributed by atoms with Crippen molar-refractivity contribution in [2.45, 2.75) is 65.4 Å². The highest BCUT2D eigenvalue weighted by Crippen LogP contribution is 2.07. The second-order valence-electron chi connectivity index (χ2n) is 11.0. The Kier molecular flexibility index (Phi) is 15.8. The first-order valence-corrected chi connectivity index (χ1v) is 14.7. The van der Waals surface area contributed by atoms with Crippen molar-refractivity contribution in [2.24, 2.45) is 10.7 Å². The predicted molar refractivity (Wildman–Crippen MR) is 175 cm³/mol. The normalized spacial score (nSPS) is 11.5. The quantitative estimate of drug-likeness (QED) is 0.102. The van der Waals surface area contributed by atoms with Gasteiger partial charge in [-0.25, -0.2) is 14.4 Å². The monoisotopic (exact) mass is 633 g/mol. The van der Waals surface area contributed by atoms with Crippen molar-refractivity contribution >= 4 is 30.1 Å². The Labute approximate surface area is 269 Å². The minimum Gasteiger partial charge on any atom is -0.444 e. The molecule has 12 heteroatoms. The van der Waals surface area contributed by atoms with Crippen LogP contribution >= 0.6 is 0 Å². The Morgan fingerprint density at radius 1 is 0.761 bits per heavy atom. The number of nitrogens with zero attached hydrogens (tertiary/aromatic N) is 1. The zero-order chi connectivity index (χ0) is 33.8.